The summed E-state index contributed by atoms with van der Waals surface area (Å²) in [4.78, 5) is 11.1. The molecule has 6 heteroatoms. The van der Waals surface area contributed by atoms with E-state index in [2.05, 4.69) is 12.2 Å². The van der Waals surface area contributed by atoms with Gasteiger partial charge in [-0.2, -0.15) is 0 Å². The Kier molecular flexibility index (Phi) is 10.4. The van der Waals surface area contributed by atoms with Crippen LogP contribution in [0.5, 0.6) is 0 Å². The standard InChI is InChI=1S/C14H30N2O4/c1-5-6-7-8-9-10-11-12(16-13(15)17)14(18-2,19-3)20-4/h12H,5-11H2,1-4H3,(H3,15,16,17). The van der Waals surface area contributed by atoms with Gasteiger partial charge in [-0.1, -0.05) is 45.4 Å². The van der Waals surface area contributed by atoms with Crippen LogP contribution in [-0.2, 0) is 14.2 Å². The molecule has 3 N–H and O–H groups in total. The average molecular weight is 290 g/mol. The molecule has 0 aliphatic rings. The number of unbranched alkanes of at least 4 members (excludes halogenated alkanes) is 5. The number of rotatable bonds is 12. The van der Waals surface area contributed by atoms with Crippen molar-refractivity contribution in [2.45, 2.75) is 63.9 Å². The summed E-state index contributed by atoms with van der Waals surface area (Å²) in [6.45, 7) is 2.19. The van der Waals surface area contributed by atoms with E-state index in [-0.39, 0.29) is 0 Å². The number of carbonyl (C=O) groups excluding carboxylic acids is 1. The Morgan fingerprint density at radius 3 is 2.00 bits per heavy atom. The summed E-state index contributed by atoms with van der Waals surface area (Å²) >= 11 is 0. The van der Waals surface area contributed by atoms with E-state index in [4.69, 9.17) is 19.9 Å². The van der Waals surface area contributed by atoms with Gasteiger partial charge in [0.15, 0.2) is 0 Å². The molecule has 120 valence electrons. The first-order valence-electron chi connectivity index (χ1n) is 7.27. The summed E-state index contributed by atoms with van der Waals surface area (Å²) in [7, 11) is 4.43. The minimum atomic E-state index is -1.29. The lowest BCUT2D eigenvalue weighted by Gasteiger charge is -2.36. The van der Waals surface area contributed by atoms with E-state index in [9.17, 15) is 4.79 Å². The molecule has 0 heterocycles. The predicted octanol–water partition coefficient (Wildman–Crippen LogP) is 2.37. The van der Waals surface area contributed by atoms with Crippen LogP contribution in [0.3, 0.4) is 0 Å². The van der Waals surface area contributed by atoms with Crippen LogP contribution >= 0.6 is 0 Å². The number of urea groups is 1. The fraction of sp³-hybridized carbons (Fsp3) is 0.929. The first-order valence-corrected chi connectivity index (χ1v) is 7.27. The van der Waals surface area contributed by atoms with Crippen molar-refractivity contribution in [2.75, 3.05) is 21.3 Å². The van der Waals surface area contributed by atoms with Gasteiger partial charge in [0, 0.05) is 21.3 Å². The maximum atomic E-state index is 11.1. The lowest BCUT2D eigenvalue weighted by Crippen LogP contribution is -2.57. The second-order valence-corrected chi connectivity index (χ2v) is 4.83. The van der Waals surface area contributed by atoms with Crippen LogP contribution in [-0.4, -0.2) is 39.4 Å². The van der Waals surface area contributed by atoms with E-state index >= 15 is 0 Å². The van der Waals surface area contributed by atoms with Crippen molar-refractivity contribution < 1.29 is 19.0 Å². The summed E-state index contributed by atoms with van der Waals surface area (Å²) in [6, 6.07) is -1.05. The highest BCUT2D eigenvalue weighted by molar-refractivity contribution is 5.72. The van der Waals surface area contributed by atoms with Crippen LogP contribution in [0.4, 0.5) is 4.79 Å². The lowest BCUT2D eigenvalue weighted by molar-refractivity contribution is -0.365. The first kappa shape index (κ1) is 19.1. The molecule has 1 unspecified atom stereocenters. The molecule has 0 radical (unpaired) electrons. The molecule has 0 aliphatic carbocycles. The Balaban J connectivity index is 4.37. The van der Waals surface area contributed by atoms with Crippen LogP contribution in [0.15, 0.2) is 0 Å². The van der Waals surface area contributed by atoms with Crippen molar-refractivity contribution in [1.82, 2.24) is 5.32 Å². The van der Waals surface area contributed by atoms with E-state index in [0.717, 1.165) is 12.8 Å². The second kappa shape index (κ2) is 10.9. The van der Waals surface area contributed by atoms with Crippen LogP contribution in [0, 0.1) is 0 Å². The summed E-state index contributed by atoms with van der Waals surface area (Å²) in [5.41, 5.74) is 5.21. The average Bonchev–Trinajstić information content (AvgIpc) is 2.44. The minimum Gasteiger partial charge on any atom is -0.352 e. The second-order valence-electron chi connectivity index (χ2n) is 4.83. The number of primary amides is 1. The van der Waals surface area contributed by atoms with E-state index in [1.807, 2.05) is 0 Å². The number of hydrogen-bond donors (Lipinski definition) is 2. The molecule has 0 saturated carbocycles. The Labute approximate surface area is 122 Å². The minimum absolute atomic E-state index is 0.439. The largest absolute Gasteiger partial charge is 0.352 e. The van der Waals surface area contributed by atoms with Crippen molar-refractivity contribution in [3.8, 4) is 0 Å². The fourth-order valence-electron chi connectivity index (χ4n) is 2.31. The van der Waals surface area contributed by atoms with Gasteiger partial charge in [0.1, 0.15) is 6.04 Å². The van der Waals surface area contributed by atoms with Gasteiger partial charge in [-0.25, -0.2) is 4.79 Å². The smallest absolute Gasteiger partial charge is 0.312 e. The molecular formula is C14H30N2O4. The number of carbonyl (C=O) groups is 1. The molecule has 6 nitrogen and oxygen atoms in total. The van der Waals surface area contributed by atoms with Crippen LogP contribution in [0.1, 0.15) is 51.9 Å². The van der Waals surface area contributed by atoms with E-state index in [0.29, 0.717) is 6.42 Å². The van der Waals surface area contributed by atoms with E-state index in [1.54, 1.807) is 0 Å². The number of nitrogens with two attached hydrogens (primary N) is 1. The summed E-state index contributed by atoms with van der Waals surface area (Å²) < 4.78 is 15.8. The van der Waals surface area contributed by atoms with Gasteiger partial charge in [-0.3, -0.25) is 0 Å². The number of nitrogens with one attached hydrogen (secondary N) is 1. The van der Waals surface area contributed by atoms with Gasteiger partial charge in [0.2, 0.25) is 0 Å². The number of amides is 2. The topological polar surface area (TPSA) is 82.8 Å². The summed E-state index contributed by atoms with van der Waals surface area (Å²) in [5.74, 6) is -1.29. The fourth-order valence-corrected chi connectivity index (χ4v) is 2.31. The summed E-state index contributed by atoms with van der Waals surface area (Å²) in [5, 5.41) is 2.64. The molecule has 0 aromatic carbocycles. The van der Waals surface area contributed by atoms with Crippen molar-refractivity contribution in [2.24, 2.45) is 5.73 Å². The molecule has 20 heavy (non-hydrogen) atoms. The molecule has 0 aliphatic heterocycles. The Hall–Kier alpha value is -0.850. The zero-order chi connectivity index (χ0) is 15.4. The highest BCUT2D eigenvalue weighted by Crippen LogP contribution is 2.22. The highest BCUT2D eigenvalue weighted by Gasteiger charge is 2.40. The monoisotopic (exact) mass is 290 g/mol. The maximum absolute atomic E-state index is 11.1. The first-order chi connectivity index (χ1) is 9.56. The molecule has 0 fully saturated rings. The van der Waals surface area contributed by atoms with Gasteiger partial charge in [-0.05, 0) is 6.42 Å². The molecule has 0 spiro atoms. The van der Waals surface area contributed by atoms with Gasteiger partial charge < -0.3 is 25.3 Å². The number of ether oxygens (including phenoxy) is 3. The zero-order valence-electron chi connectivity index (χ0n) is 13.2. The number of hydrogen-bond acceptors (Lipinski definition) is 4. The van der Waals surface area contributed by atoms with Crippen molar-refractivity contribution >= 4 is 6.03 Å². The predicted molar refractivity (Wildman–Crippen MR) is 78.3 cm³/mol. The van der Waals surface area contributed by atoms with E-state index in [1.165, 1.54) is 47.0 Å². The quantitative estimate of drug-likeness (QED) is 0.427. The van der Waals surface area contributed by atoms with Crippen LogP contribution in [0.2, 0.25) is 0 Å². The molecule has 0 saturated heterocycles. The third-order valence-corrected chi connectivity index (χ3v) is 3.44. The van der Waals surface area contributed by atoms with Gasteiger partial charge in [0.25, 0.3) is 0 Å². The Morgan fingerprint density at radius 2 is 1.55 bits per heavy atom. The molecule has 0 bridgehead atoms. The summed E-state index contributed by atoms with van der Waals surface area (Å²) in [6.07, 6.45) is 7.67. The van der Waals surface area contributed by atoms with Crippen molar-refractivity contribution in [3.63, 3.8) is 0 Å². The maximum Gasteiger partial charge on any atom is 0.312 e. The zero-order valence-corrected chi connectivity index (χ0v) is 13.2. The number of methoxy groups -OCH3 is 3. The van der Waals surface area contributed by atoms with Gasteiger partial charge >= 0.3 is 12.0 Å². The van der Waals surface area contributed by atoms with E-state index < -0.39 is 18.0 Å². The molecule has 1 atom stereocenters. The lowest BCUT2D eigenvalue weighted by atomic mass is 10.0. The third kappa shape index (κ3) is 6.54. The SMILES string of the molecule is CCCCCCCCC(NC(N)=O)C(OC)(OC)OC. The van der Waals surface area contributed by atoms with Gasteiger partial charge in [-0.15, -0.1) is 0 Å². The highest BCUT2D eigenvalue weighted by atomic mass is 16.9. The van der Waals surface area contributed by atoms with Crippen molar-refractivity contribution in [3.05, 3.63) is 0 Å². The van der Waals surface area contributed by atoms with Crippen molar-refractivity contribution in [1.29, 1.82) is 0 Å². The van der Waals surface area contributed by atoms with Crippen LogP contribution in [0.25, 0.3) is 0 Å². The molecule has 0 aromatic heterocycles. The molecule has 0 aromatic rings. The Morgan fingerprint density at radius 1 is 1.05 bits per heavy atom. The molecule has 0 rings (SSSR count). The Bertz CT molecular complexity index is 249. The molecule has 2 amide bonds. The third-order valence-electron chi connectivity index (χ3n) is 3.44. The normalized spacial score (nSPS) is 13.2. The molecular weight excluding hydrogens is 260 g/mol. The van der Waals surface area contributed by atoms with Crippen LogP contribution < -0.4 is 11.1 Å². The van der Waals surface area contributed by atoms with Gasteiger partial charge in [0.05, 0.1) is 0 Å².